The van der Waals surface area contributed by atoms with Gasteiger partial charge in [-0.1, -0.05) is 30.3 Å². The highest BCUT2D eigenvalue weighted by Gasteiger charge is 2.12. The molecule has 0 bridgehead atoms. The van der Waals surface area contributed by atoms with Gasteiger partial charge in [0, 0.05) is 11.5 Å². The van der Waals surface area contributed by atoms with Crippen molar-refractivity contribution in [3.05, 3.63) is 35.9 Å². The van der Waals surface area contributed by atoms with Gasteiger partial charge in [-0.3, -0.25) is 0 Å². The van der Waals surface area contributed by atoms with Gasteiger partial charge in [0.1, 0.15) is 0 Å². The lowest BCUT2D eigenvalue weighted by Gasteiger charge is -2.04. The summed E-state index contributed by atoms with van der Waals surface area (Å²) in [7, 11) is 0. The molecule has 0 aromatic heterocycles. The number of aliphatic carboxylic acids is 1. The Morgan fingerprint density at radius 3 is 2.57 bits per heavy atom. The minimum absolute atomic E-state index is 0.226. The Kier molecular flexibility index (Phi) is 4.49. The normalized spacial score (nSPS) is 12.4. The summed E-state index contributed by atoms with van der Waals surface area (Å²) in [6.45, 7) is 0. The molecule has 0 aliphatic rings. The molecular formula is C10H12O3S. The highest BCUT2D eigenvalue weighted by molar-refractivity contribution is 7.98. The van der Waals surface area contributed by atoms with Gasteiger partial charge in [0.2, 0.25) is 0 Å². The highest BCUT2D eigenvalue weighted by Crippen LogP contribution is 2.12. The Labute approximate surface area is 86.8 Å². The lowest BCUT2D eigenvalue weighted by atomic mass is 10.2. The lowest BCUT2D eigenvalue weighted by Crippen LogP contribution is -2.21. The van der Waals surface area contributed by atoms with Gasteiger partial charge >= 0.3 is 5.97 Å². The van der Waals surface area contributed by atoms with Crippen LogP contribution in [-0.2, 0) is 10.5 Å². The average molecular weight is 212 g/mol. The molecule has 2 N–H and O–H groups in total. The van der Waals surface area contributed by atoms with Crippen LogP contribution < -0.4 is 0 Å². The molecule has 76 valence electrons. The highest BCUT2D eigenvalue weighted by atomic mass is 32.2. The molecule has 3 nitrogen and oxygen atoms in total. The molecule has 0 saturated carbocycles. The SMILES string of the molecule is O=C(O)[C@H](O)CSCc1ccccc1. The summed E-state index contributed by atoms with van der Waals surface area (Å²) >= 11 is 1.41. The maximum Gasteiger partial charge on any atom is 0.333 e. The van der Waals surface area contributed by atoms with Crippen LogP contribution in [0.15, 0.2) is 30.3 Å². The Morgan fingerprint density at radius 1 is 1.36 bits per heavy atom. The summed E-state index contributed by atoms with van der Waals surface area (Å²) in [5.41, 5.74) is 1.13. The van der Waals surface area contributed by atoms with E-state index in [2.05, 4.69) is 0 Å². The first-order valence-corrected chi connectivity index (χ1v) is 5.38. The summed E-state index contributed by atoms with van der Waals surface area (Å²) in [4.78, 5) is 10.3. The van der Waals surface area contributed by atoms with E-state index in [1.54, 1.807) is 0 Å². The van der Waals surface area contributed by atoms with E-state index < -0.39 is 12.1 Å². The second-order valence-corrected chi connectivity index (χ2v) is 3.89. The molecule has 0 aliphatic heterocycles. The quantitative estimate of drug-likeness (QED) is 0.774. The van der Waals surface area contributed by atoms with Crippen LogP contribution in [0.4, 0.5) is 0 Å². The van der Waals surface area contributed by atoms with E-state index in [1.165, 1.54) is 11.8 Å². The van der Waals surface area contributed by atoms with Crippen molar-refractivity contribution in [3.63, 3.8) is 0 Å². The third-order valence-electron chi connectivity index (χ3n) is 1.67. The first kappa shape index (κ1) is 11.1. The second-order valence-electron chi connectivity index (χ2n) is 2.85. The van der Waals surface area contributed by atoms with E-state index in [0.717, 1.165) is 11.3 Å². The number of hydrogen-bond acceptors (Lipinski definition) is 3. The van der Waals surface area contributed by atoms with Crippen LogP contribution in [0.5, 0.6) is 0 Å². The van der Waals surface area contributed by atoms with Crippen molar-refractivity contribution in [2.24, 2.45) is 0 Å². The molecule has 0 amide bonds. The van der Waals surface area contributed by atoms with Crippen molar-refractivity contribution in [3.8, 4) is 0 Å². The zero-order chi connectivity index (χ0) is 10.4. The maximum absolute atomic E-state index is 10.3. The standard InChI is InChI=1S/C10H12O3S/c11-9(10(12)13)7-14-6-8-4-2-1-3-5-8/h1-5,9,11H,6-7H2,(H,12,13)/t9-/m1/s1. The van der Waals surface area contributed by atoms with Gasteiger partial charge in [0.05, 0.1) is 0 Å². The summed E-state index contributed by atoms with van der Waals surface area (Å²) < 4.78 is 0. The van der Waals surface area contributed by atoms with Gasteiger partial charge in [-0.25, -0.2) is 4.79 Å². The minimum Gasteiger partial charge on any atom is -0.479 e. The topological polar surface area (TPSA) is 57.5 Å². The van der Waals surface area contributed by atoms with Crippen LogP contribution in [0, 0.1) is 0 Å². The van der Waals surface area contributed by atoms with Crippen molar-refractivity contribution in [2.75, 3.05) is 5.75 Å². The number of aliphatic hydroxyl groups excluding tert-OH is 1. The predicted molar refractivity (Wildman–Crippen MR) is 56.2 cm³/mol. The minimum atomic E-state index is -1.26. The Balaban J connectivity index is 2.26. The predicted octanol–water partition coefficient (Wildman–Crippen LogP) is 1.37. The molecule has 1 rings (SSSR count). The first-order chi connectivity index (χ1) is 6.70. The summed E-state index contributed by atoms with van der Waals surface area (Å²) in [5, 5.41) is 17.4. The Bertz CT molecular complexity index is 287. The molecule has 0 heterocycles. The van der Waals surface area contributed by atoms with E-state index in [1.807, 2.05) is 30.3 Å². The molecule has 1 aromatic carbocycles. The zero-order valence-corrected chi connectivity index (χ0v) is 8.41. The monoisotopic (exact) mass is 212 g/mol. The van der Waals surface area contributed by atoms with Crippen molar-refractivity contribution in [2.45, 2.75) is 11.9 Å². The second kappa shape index (κ2) is 5.67. The molecule has 1 atom stereocenters. The lowest BCUT2D eigenvalue weighted by molar-refractivity contribution is -0.145. The Morgan fingerprint density at radius 2 is 2.00 bits per heavy atom. The van der Waals surface area contributed by atoms with Crippen molar-refractivity contribution >= 4 is 17.7 Å². The number of benzene rings is 1. The Hall–Kier alpha value is -1.00. The van der Waals surface area contributed by atoms with Gasteiger partial charge in [0.25, 0.3) is 0 Å². The van der Waals surface area contributed by atoms with Gasteiger partial charge in [0.15, 0.2) is 6.10 Å². The summed E-state index contributed by atoms with van der Waals surface area (Å²) in [5.74, 6) is -0.208. The molecule has 0 unspecified atom stereocenters. The van der Waals surface area contributed by atoms with Crippen LogP contribution in [0.1, 0.15) is 5.56 Å². The number of carbonyl (C=O) groups is 1. The summed E-state index contributed by atoms with van der Waals surface area (Å²) in [6, 6.07) is 9.74. The molecule has 0 spiro atoms. The van der Waals surface area contributed by atoms with Crippen molar-refractivity contribution in [1.82, 2.24) is 0 Å². The van der Waals surface area contributed by atoms with E-state index in [0.29, 0.717) is 0 Å². The largest absolute Gasteiger partial charge is 0.479 e. The van der Waals surface area contributed by atoms with Gasteiger partial charge in [-0.15, -0.1) is 0 Å². The summed E-state index contributed by atoms with van der Waals surface area (Å²) in [6.07, 6.45) is -1.26. The van der Waals surface area contributed by atoms with Crippen LogP contribution >= 0.6 is 11.8 Å². The molecule has 4 heteroatoms. The average Bonchev–Trinajstić information content (AvgIpc) is 2.19. The third kappa shape index (κ3) is 3.81. The smallest absolute Gasteiger partial charge is 0.333 e. The first-order valence-electron chi connectivity index (χ1n) is 4.22. The molecular weight excluding hydrogens is 200 g/mol. The van der Waals surface area contributed by atoms with E-state index in [-0.39, 0.29) is 5.75 Å². The number of carboxylic acid groups (broad SMARTS) is 1. The molecule has 0 saturated heterocycles. The molecule has 0 aliphatic carbocycles. The number of rotatable bonds is 5. The molecule has 0 radical (unpaired) electrons. The number of hydrogen-bond donors (Lipinski definition) is 2. The van der Waals surface area contributed by atoms with Crippen molar-refractivity contribution in [1.29, 1.82) is 0 Å². The fourth-order valence-corrected chi connectivity index (χ4v) is 1.85. The van der Waals surface area contributed by atoms with E-state index in [9.17, 15) is 4.79 Å². The van der Waals surface area contributed by atoms with Gasteiger partial charge in [-0.05, 0) is 5.56 Å². The van der Waals surface area contributed by atoms with Crippen LogP contribution in [0.3, 0.4) is 0 Å². The zero-order valence-electron chi connectivity index (χ0n) is 7.59. The van der Waals surface area contributed by atoms with E-state index >= 15 is 0 Å². The van der Waals surface area contributed by atoms with Crippen LogP contribution in [0.25, 0.3) is 0 Å². The number of thioether (sulfide) groups is 1. The van der Waals surface area contributed by atoms with Crippen molar-refractivity contribution < 1.29 is 15.0 Å². The fourth-order valence-electron chi connectivity index (χ4n) is 0.934. The number of carboxylic acids is 1. The molecule has 0 fully saturated rings. The van der Waals surface area contributed by atoms with E-state index in [4.69, 9.17) is 10.2 Å². The van der Waals surface area contributed by atoms with Gasteiger partial charge < -0.3 is 10.2 Å². The van der Waals surface area contributed by atoms with Crippen LogP contribution in [0.2, 0.25) is 0 Å². The van der Waals surface area contributed by atoms with Crippen LogP contribution in [-0.4, -0.2) is 28.0 Å². The maximum atomic E-state index is 10.3. The van der Waals surface area contributed by atoms with Gasteiger partial charge in [-0.2, -0.15) is 11.8 Å². The number of aliphatic hydroxyl groups is 1. The molecule has 14 heavy (non-hydrogen) atoms. The third-order valence-corrected chi connectivity index (χ3v) is 2.76. The molecule has 1 aromatic rings. The fraction of sp³-hybridized carbons (Fsp3) is 0.300.